The second-order valence-electron chi connectivity index (χ2n) is 14.8. The molecule has 2 atom stereocenters. The third-order valence-corrected chi connectivity index (χ3v) is 10.6. The first-order valence-corrected chi connectivity index (χ1v) is 20.4. The van der Waals surface area contributed by atoms with Crippen LogP contribution in [-0.2, 0) is 28.9 Å². The van der Waals surface area contributed by atoms with E-state index in [1.54, 1.807) is 6.07 Å². The number of hydrogen-bond donors (Lipinski definition) is 4. The number of carboxylic acids is 4. The molecule has 0 bridgehead atoms. The summed E-state index contributed by atoms with van der Waals surface area (Å²) in [6.07, 6.45) is 20.8. The smallest absolute Gasteiger partial charge is 0.336 e. The quantitative estimate of drug-likeness (QED) is 0.0598. The molecular formula is C43H74O8. The van der Waals surface area contributed by atoms with Gasteiger partial charge in [0.05, 0.1) is 16.5 Å². The van der Waals surface area contributed by atoms with Gasteiger partial charge in [-0.25, -0.2) is 9.59 Å². The molecule has 0 aliphatic carbocycles. The molecule has 4 N–H and O–H groups in total. The van der Waals surface area contributed by atoms with Gasteiger partial charge in [0.2, 0.25) is 0 Å². The number of carbonyl (C=O) groups is 4. The van der Waals surface area contributed by atoms with Gasteiger partial charge in [-0.1, -0.05) is 138 Å². The highest BCUT2D eigenvalue weighted by Crippen LogP contribution is 2.43. The Morgan fingerprint density at radius 1 is 0.588 bits per heavy atom. The van der Waals surface area contributed by atoms with Crippen LogP contribution < -0.4 is 0 Å². The molecule has 1 aromatic rings. The molecule has 51 heavy (non-hydrogen) atoms. The van der Waals surface area contributed by atoms with E-state index in [1.807, 2.05) is 6.92 Å². The average Bonchev–Trinajstić information content (AvgIpc) is 3.08. The number of benzene rings is 1. The van der Waals surface area contributed by atoms with Gasteiger partial charge >= 0.3 is 23.9 Å². The maximum Gasteiger partial charge on any atom is 0.336 e. The molecule has 0 aliphatic heterocycles. The number of aliphatic carboxylic acids is 2. The fraction of sp³-hybridized carbons (Fsp3) is 0.767. The molecule has 0 aliphatic rings. The molecule has 0 radical (unpaired) electrons. The number of hydrogen-bond acceptors (Lipinski definition) is 4. The normalized spacial score (nSPS) is 13.5. The summed E-state index contributed by atoms with van der Waals surface area (Å²) < 4.78 is 0. The van der Waals surface area contributed by atoms with Crippen molar-refractivity contribution in [2.45, 2.75) is 196 Å². The van der Waals surface area contributed by atoms with Gasteiger partial charge in [-0.05, 0) is 86.0 Å². The van der Waals surface area contributed by atoms with Crippen LogP contribution in [0.1, 0.15) is 214 Å². The molecule has 0 amide bonds. The fourth-order valence-corrected chi connectivity index (χ4v) is 7.62. The maximum atomic E-state index is 12.4. The Morgan fingerprint density at radius 3 is 1.51 bits per heavy atom. The molecule has 294 valence electrons. The van der Waals surface area contributed by atoms with E-state index in [0.29, 0.717) is 43.9 Å². The zero-order valence-electron chi connectivity index (χ0n) is 33.4. The van der Waals surface area contributed by atoms with Crippen LogP contribution in [-0.4, -0.2) is 44.3 Å². The minimum absolute atomic E-state index is 0.00691. The maximum absolute atomic E-state index is 12.4. The third-order valence-electron chi connectivity index (χ3n) is 10.6. The SMILES string of the molecule is CCCCC(CC)CC(CCCC(=O)O)(CC(CC)CCCC)C(=O)O.CCCCCCCc1cc(C(=O)O)c(C(=O)O)c(CCC)c1CCC. The minimum atomic E-state index is -1.15. The fourth-order valence-electron chi connectivity index (χ4n) is 7.62. The second-order valence-corrected chi connectivity index (χ2v) is 14.8. The number of aryl methyl sites for hydroxylation is 1. The average molecular weight is 719 g/mol. The summed E-state index contributed by atoms with van der Waals surface area (Å²) in [4.78, 5) is 46.8. The zero-order chi connectivity index (χ0) is 38.8. The summed E-state index contributed by atoms with van der Waals surface area (Å²) in [5, 5.41) is 38.3. The molecule has 1 rings (SSSR count). The Kier molecular flexibility index (Phi) is 26.1. The highest BCUT2D eigenvalue weighted by molar-refractivity contribution is 6.03. The molecule has 0 fully saturated rings. The Labute approximate surface area is 310 Å². The van der Waals surface area contributed by atoms with E-state index < -0.39 is 29.3 Å². The Bertz CT molecular complexity index is 1140. The molecule has 0 heterocycles. The Hall–Kier alpha value is -2.90. The number of aromatic carboxylic acids is 2. The summed E-state index contributed by atoms with van der Waals surface area (Å²) in [7, 11) is 0. The van der Waals surface area contributed by atoms with E-state index in [1.165, 1.54) is 19.3 Å². The van der Waals surface area contributed by atoms with Crippen LogP contribution >= 0.6 is 0 Å². The van der Waals surface area contributed by atoms with Gasteiger partial charge in [0.25, 0.3) is 0 Å². The lowest BCUT2D eigenvalue weighted by Crippen LogP contribution is -2.36. The molecule has 8 nitrogen and oxygen atoms in total. The monoisotopic (exact) mass is 719 g/mol. The molecule has 0 aromatic heterocycles. The van der Waals surface area contributed by atoms with Crippen LogP contribution in [0.4, 0.5) is 0 Å². The van der Waals surface area contributed by atoms with E-state index in [9.17, 15) is 34.5 Å². The highest BCUT2D eigenvalue weighted by Gasteiger charge is 2.41. The van der Waals surface area contributed by atoms with Crippen molar-refractivity contribution in [3.8, 4) is 0 Å². The summed E-state index contributed by atoms with van der Waals surface area (Å²) in [6, 6.07) is 1.62. The summed E-state index contributed by atoms with van der Waals surface area (Å²) in [6.45, 7) is 14.9. The molecule has 1 aromatic carbocycles. The molecule has 0 saturated carbocycles. The number of unbranched alkanes of at least 4 members (excludes halogenated alkanes) is 6. The number of carboxylic acid groups (broad SMARTS) is 4. The molecule has 8 heteroatoms. The van der Waals surface area contributed by atoms with E-state index in [4.69, 9.17) is 5.11 Å². The first-order valence-electron chi connectivity index (χ1n) is 20.4. The van der Waals surface area contributed by atoms with Crippen LogP contribution in [0.25, 0.3) is 0 Å². The van der Waals surface area contributed by atoms with Crippen molar-refractivity contribution >= 4 is 23.9 Å². The van der Waals surface area contributed by atoms with Crippen LogP contribution in [0.15, 0.2) is 6.07 Å². The van der Waals surface area contributed by atoms with Gasteiger partial charge in [0, 0.05) is 6.42 Å². The van der Waals surface area contributed by atoms with Gasteiger partial charge in [-0.3, -0.25) is 9.59 Å². The number of rotatable bonds is 29. The highest BCUT2D eigenvalue weighted by atomic mass is 16.4. The molecule has 0 spiro atoms. The molecule has 2 unspecified atom stereocenters. The van der Waals surface area contributed by atoms with Crippen molar-refractivity contribution in [3.63, 3.8) is 0 Å². The van der Waals surface area contributed by atoms with Gasteiger partial charge in [-0.15, -0.1) is 0 Å². The predicted molar refractivity (Wildman–Crippen MR) is 208 cm³/mol. The Morgan fingerprint density at radius 2 is 1.10 bits per heavy atom. The van der Waals surface area contributed by atoms with E-state index in [0.717, 1.165) is 107 Å². The van der Waals surface area contributed by atoms with Crippen LogP contribution in [0.2, 0.25) is 0 Å². The van der Waals surface area contributed by atoms with Gasteiger partial charge in [-0.2, -0.15) is 0 Å². The first-order chi connectivity index (χ1) is 24.3. The van der Waals surface area contributed by atoms with Crippen LogP contribution in [0.3, 0.4) is 0 Å². The van der Waals surface area contributed by atoms with Gasteiger partial charge in [0.15, 0.2) is 0 Å². The van der Waals surface area contributed by atoms with E-state index >= 15 is 0 Å². The lowest BCUT2D eigenvalue weighted by atomic mass is 9.68. The zero-order valence-corrected chi connectivity index (χ0v) is 33.4. The topological polar surface area (TPSA) is 149 Å². The molecule has 0 saturated heterocycles. The van der Waals surface area contributed by atoms with Crippen LogP contribution in [0.5, 0.6) is 0 Å². The van der Waals surface area contributed by atoms with Crippen molar-refractivity contribution in [1.82, 2.24) is 0 Å². The first kappa shape index (κ1) is 48.1. The summed E-state index contributed by atoms with van der Waals surface area (Å²) in [5.41, 5.74) is 2.01. The third kappa shape index (κ3) is 17.9. The largest absolute Gasteiger partial charge is 0.481 e. The van der Waals surface area contributed by atoms with Crippen molar-refractivity contribution in [1.29, 1.82) is 0 Å². The Balaban J connectivity index is 0.000000981. The lowest BCUT2D eigenvalue weighted by molar-refractivity contribution is -0.153. The lowest BCUT2D eigenvalue weighted by Gasteiger charge is -2.36. The minimum Gasteiger partial charge on any atom is -0.481 e. The molecular weight excluding hydrogens is 644 g/mol. The van der Waals surface area contributed by atoms with E-state index in [2.05, 4.69) is 41.5 Å². The second kappa shape index (κ2) is 27.7. The van der Waals surface area contributed by atoms with Crippen LogP contribution in [0, 0.1) is 17.3 Å². The van der Waals surface area contributed by atoms with E-state index in [-0.39, 0.29) is 17.5 Å². The summed E-state index contributed by atoms with van der Waals surface area (Å²) >= 11 is 0. The van der Waals surface area contributed by atoms with Crippen molar-refractivity contribution in [2.24, 2.45) is 17.3 Å². The van der Waals surface area contributed by atoms with Gasteiger partial charge < -0.3 is 20.4 Å². The van der Waals surface area contributed by atoms with Gasteiger partial charge in [0.1, 0.15) is 0 Å². The van der Waals surface area contributed by atoms with Crippen molar-refractivity contribution in [3.05, 3.63) is 33.9 Å². The summed E-state index contributed by atoms with van der Waals surface area (Å²) in [5.74, 6) is -3.00. The standard InChI is InChI=1S/C22H42O4.C21H32O4/c1-5-9-12-18(7-3)16-22(21(25)26,15-11-14-20(23)24)17-19(8-4)13-10-6-2;1-4-7-8-9-10-13-15-14-18(20(22)23)19(21(24)25)17(12-6-3)16(15)11-5-2/h18-19H,5-17H2,1-4H3,(H,23,24)(H,25,26);14H,4-13H2,1-3H3,(H,22,23)(H,24,25). The predicted octanol–water partition coefficient (Wildman–Crippen LogP) is 12.0. The van der Waals surface area contributed by atoms with Crippen molar-refractivity contribution < 1.29 is 39.6 Å². The van der Waals surface area contributed by atoms with Crippen molar-refractivity contribution in [2.75, 3.05) is 0 Å².